The molecule has 1 aromatic rings. The van der Waals surface area contributed by atoms with Crippen LogP contribution in [-0.2, 0) is 17.4 Å². The fourth-order valence-corrected chi connectivity index (χ4v) is 1.76. The van der Waals surface area contributed by atoms with Gasteiger partial charge in [-0.25, -0.2) is 0 Å². The van der Waals surface area contributed by atoms with Crippen molar-refractivity contribution in [2.24, 2.45) is 0 Å². The third kappa shape index (κ3) is 4.38. The van der Waals surface area contributed by atoms with Crippen molar-refractivity contribution < 1.29 is 18.0 Å². The first kappa shape index (κ1) is 14.0. The Hall–Kier alpha value is -1.04. The predicted molar refractivity (Wildman–Crippen MR) is 61.5 cm³/mol. The Bertz CT molecular complexity index is 418. The Labute approximate surface area is 105 Å². The molecule has 1 rings (SSSR count). The third-order valence-electron chi connectivity index (χ3n) is 2.15. The molecule has 6 heteroatoms. The van der Waals surface area contributed by atoms with Crippen molar-refractivity contribution in [3.8, 4) is 0 Å². The van der Waals surface area contributed by atoms with Crippen LogP contribution in [0.3, 0.4) is 0 Å². The Morgan fingerprint density at radius 3 is 2.59 bits per heavy atom. The summed E-state index contributed by atoms with van der Waals surface area (Å²) in [5.41, 5.74) is -0.494. The smallest absolute Gasteiger partial charge is 0.356 e. The summed E-state index contributed by atoms with van der Waals surface area (Å²) in [6, 6.07) is 4.01. The van der Waals surface area contributed by atoms with Gasteiger partial charge in [-0.05, 0) is 24.1 Å². The second kappa shape index (κ2) is 5.53. The SMILES string of the molecule is CC(=O)NCCc1ccc(Br)cc1C(F)(F)F. The van der Waals surface area contributed by atoms with E-state index < -0.39 is 11.7 Å². The maximum absolute atomic E-state index is 12.7. The standard InChI is InChI=1S/C11H11BrF3NO/c1-7(17)16-5-4-8-2-3-9(12)6-10(8)11(13,14)15/h2-3,6H,4-5H2,1H3,(H,16,17). The maximum Gasteiger partial charge on any atom is 0.416 e. The van der Waals surface area contributed by atoms with Crippen LogP contribution in [0.15, 0.2) is 22.7 Å². The van der Waals surface area contributed by atoms with Gasteiger partial charge in [0, 0.05) is 17.9 Å². The average molecular weight is 310 g/mol. The Morgan fingerprint density at radius 2 is 2.06 bits per heavy atom. The normalized spacial score (nSPS) is 11.4. The number of rotatable bonds is 3. The summed E-state index contributed by atoms with van der Waals surface area (Å²) in [6.45, 7) is 1.52. The van der Waals surface area contributed by atoms with Gasteiger partial charge in [0.2, 0.25) is 5.91 Å². The molecule has 94 valence electrons. The van der Waals surface area contributed by atoms with E-state index in [1.807, 2.05) is 0 Å². The fraction of sp³-hybridized carbons (Fsp3) is 0.364. The molecule has 2 nitrogen and oxygen atoms in total. The van der Waals surface area contributed by atoms with Crippen molar-refractivity contribution in [2.45, 2.75) is 19.5 Å². The zero-order valence-electron chi connectivity index (χ0n) is 9.07. The van der Waals surface area contributed by atoms with Crippen LogP contribution in [-0.4, -0.2) is 12.5 Å². The summed E-state index contributed by atoms with van der Waals surface area (Å²) in [7, 11) is 0. The molecule has 1 amide bonds. The first-order chi connectivity index (χ1) is 7.80. The highest BCUT2D eigenvalue weighted by Gasteiger charge is 2.33. The van der Waals surface area contributed by atoms with Gasteiger partial charge in [-0.3, -0.25) is 4.79 Å². The van der Waals surface area contributed by atoms with Crippen LogP contribution in [0.4, 0.5) is 13.2 Å². The van der Waals surface area contributed by atoms with Crippen molar-refractivity contribution >= 4 is 21.8 Å². The van der Waals surface area contributed by atoms with Crippen molar-refractivity contribution in [3.63, 3.8) is 0 Å². The van der Waals surface area contributed by atoms with E-state index in [9.17, 15) is 18.0 Å². The monoisotopic (exact) mass is 309 g/mol. The molecule has 0 aliphatic rings. The topological polar surface area (TPSA) is 29.1 Å². The van der Waals surface area contributed by atoms with E-state index >= 15 is 0 Å². The van der Waals surface area contributed by atoms with Gasteiger partial charge in [-0.1, -0.05) is 22.0 Å². The van der Waals surface area contributed by atoms with Crippen molar-refractivity contribution in [2.75, 3.05) is 6.54 Å². The highest BCUT2D eigenvalue weighted by Crippen LogP contribution is 2.33. The molecule has 0 aliphatic carbocycles. The number of amides is 1. The molecule has 0 saturated heterocycles. The Morgan fingerprint density at radius 1 is 1.41 bits per heavy atom. The van der Waals surface area contributed by atoms with Gasteiger partial charge >= 0.3 is 6.18 Å². The lowest BCUT2D eigenvalue weighted by Gasteiger charge is -2.13. The highest BCUT2D eigenvalue weighted by molar-refractivity contribution is 9.10. The Kier molecular flexibility index (Phi) is 4.56. The zero-order valence-corrected chi connectivity index (χ0v) is 10.7. The summed E-state index contributed by atoms with van der Waals surface area (Å²) in [4.78, 5) is 10.6. The molecule has 1 aromatic carbocycles. The van der Waals surface area contributed by atoms with Gasteiger partial charge in [-0.15, -0.1) is 0 Å². The van der Waals surface area contributed by atoms with E-state index in [4.69, 9.17) is 0 Å². The first-order valence-corrected chi connectivity index (χ1v) is 5.70. The van der Waals surface area contributed by atoms with E-state index in [1.165, 1.54) is 13.0 Å². The van der Waals surface area contributed by atoms with Crippen LogP contribution in [0.5, 0.6) is 0 Å². The maximum atomic E-state index is 12.7. The van der Waals surface area contributed by atoms with E-state index in [-0.39, 0.29) is 24.4 Å². The van der Waals surface area contributed by atoms with Crippen molar-refractivity contribution in [1.29, 1.82) is 0 Å². The molecule has 0 aromatic heterocycles. The molecule has 0 heterocycles. The molecule has 0 fully saturated rings. The molecule has 0 bridgehead atoms. The van der Waals surface area contributed by atoms with Gasteiger partial charge in [0.05, 0.1) is 5.56 Å². The quantitative estimate of drug-likeness (QED) is 0.913. The number of benzene rings is 1. The lowest BCUT2D eigenvalue weighted by Crippen LogP contribution is -2.23. The molecule has 0 radical (unpaired) electrons. The second-order valence-electron chi connectivity index (χ2n) is 3.53. The number of alkyl halides is 3. The number of carbonyl (C=O) groups excluding carboxylic acids is 1. The summed E-state index contributed by atoms with van der Waals surface area (Å²) < 4.78 is 38.5. The number of carbonyl (C=O) groups is 1. The van der Waals surface area contributed by atoms with Gasteiger partial charge < -0.3 is 5.32 Å². The second-order valence-corrected chi connectivity index (χ2v) is 4.45. The van der Waals surface area contributed by atoms with Crippen molar-refractivity contribution in [1.82, 2.24) is 5.32 Å². The minimum atomic E-state index is -4.38. The van der Waals surface area contributed by atoms with Crippen LogP contribution in [0.2, 0.25) is 0 Å². The van der Waals surface area contributed by atoms with Crippen LogP contribution < -0.4 is 5.32 Å². The molecule has 17 heavy (non-hydrogen) atoms. The fourth-order valence-electron chi connectivity index (χ4n) is 1.40. The van der Waals surface area contributed by atoms with Gasteiger partial charge in [0.25, 0.3) is 0 Å². The molecule has 0 saturated carbocycles. The number of halogens is 4. The number of hydrogen-bond donors (Lipinski definition) is 1. The van der Waals surface area contributed by atoms with E-state index in [0.717, 1.165) is 6.07 Å². The molecule has 1 N–H and O–H groups in total. The van der Waals surface area contributed by atoms with Crippen molar-refractivity contribution in [3.05, 3.63) is 33.8 Å². The minimum absolute atomic E-state index is 0.154. The van der Waals surface area contributed by atoms with Crippen LogP contribution >= 0.6 is 15.9 Å². The van der Waals surface area contributed by atoms with Crippen LogP contribution in [0, 0.1) is 0 Å². The third-order valence-corrected chi connectivity index (χ3v) is 2.64. The Balaban J connectivity index is 2.87. The minimum Gasteiger partial charge on any atom is -0.356 e. The first-order valence-electron chi connectivity index (χ1n) is 4.91. The summed E-state index contributed by atoms with van der Waals surface area (Å²) in [6.07, 6.45) is -4.23. The van der Waals surface area contributed by atoms with E-state index in [2.05, 4.69) is 21.2 Å². The number of hydrogen-bond acceptors (Lipinski definition) is 1. The van der Waals surface area contributed by atoms with Crippen LogP contribution in [0.1, 0.15) is 18.1 Å². The lowest BCUT2D eigenvalue weighted by atomic mass is 10.0. The zero-order chi connectivity index (χ0) is 13.1. The molecule has 0 spiro atoms. The highest BCUT2D eigenvalue weighted by atomic mass is 79.9. The predicted octanol–water partition coefficient (Wildman–Crippen LogP) is 3.15. The summed E-state index contributed by atoms with van der Waals surface area (Å²) in [5.74, 6) is -0.254. The molecular weight excluding hydrogens is 299 g/mol. The molecular formula is C11H11BrF3NO. The summed E-state index contributed by atoms with van der Waals surface area (Å²) >= 11 is 3.01. The largest absolute Gasteiger partial charge is 0.416 e. The molecule has 0 unspecified atom stereocenters. The summed E-state index contributed by atoms with van der Waals surface area (Å²) in [5, 5.41) is 2.47. The molecule has 0 atom stereocenters. The lowest BCUT2D eigenvalue weighted by molar-refractivity contribution is -0.138. The van der Waals surface area contributed by atoms with Crippen LogP contribution in [0.25, 0.3) is 0 Å². The van der Waals surface area contributed by atoms with E-state index in [0.29, 0.717) is 4.47 Å². The molecule has 0 aliphatic heterocycles. The van der Waals surface area contributed by atoms with Gasteiger partial charge in [-0.2, -0.15) is 13.2 Å². The van der Waals surface area contributed by atoms with Gasteiger partial charge in [0.15, 0.2) is 0 Å². The average Bonchev–Trinajstić information content (AvgIpc) is 2.18. The number of nitrogens with one attached hydrogen (secondary N) is 1. The van der Waals surface area contributed by atoms with Gasteiger partial charge in [0.1, 0.15) is 0 Å². The van der Waals surface area contributed by atoms with E-state index in [1.54, 1.807) is 6.07 Å².